The van der Waals surface area contributed by atoms with E-state index >= 15 is 0 Å². The highest BCUT2D eigenvalue weighted by atomic mass is 32.2. The van der Waals surface area contributed by atoms with E-state index in [1.807, 2.05) is 0 Å². The molecule has 2 rings (SSSR count). The van der Waals surface area contributed by atoms with Gasteiger partial charge in [-0.3, -0.25) is 20.2 Å². The Morgan fingerprint density at radius 1 is 1.09 bits per heavy atom. The molecule has 11 nitrogen and oxygen atoms in total. The van der Waals surface area contributed by atoms with Crippen molar-refractivity contribution in [2.45, 2.75) is 4.90 Å². The van der Waals surface area contributed by atoms with Crippen molar-refractivity contribution in [3.8, 4) is 0 Å². The normalized spacial score (nSPS) is 11.0. The predicted molar refractivity (Wildman–Crippen MR) is 78.6 cm³/mol. The smallest absolute Gasteiger partial charge is 0.318 e. The van der Waals surface area contributed by atoms with Crippen molar-refractivity contribution in [2.24, 2.45) is 5.14 Å². The lowest BCUT2D eigenvalue weighted by Crippen LogP contribution is -2.11. The molecule has 0 atom stereocenters. The van der Waals surface area contributed by atoms with Gasteiger partial charge in [0.1, 0.15) is 6.20 Å². The second-order valence-electron chi connectivity index (χ2n) is 4.27. The van der Waals surface area contributed by atoms with Gasteiger partial charge in [-0.05, 0) is 24.3 Å². The molecule has 12 heteroatoms. The van der Waals surface area contributed by atoms with Crippen molar-refractivity contribution >= 4 is 32.9 Å². The van der Waals surface area contributed by atoms with Crippen LogP contribution >= 0.6 is 0 Å². The fourth-order valence-corrected chi connectivity index (χ4v) is 2.16. The molecule has 1 aromatic heterocycles. The summed E-state index contributed by atoms with van der Waals surface area (Å²) in [6.45, 7) is 0. The van der Waals surface area contributed by atoms with Crippen molar-refractivity contribution < 1.29 is 18.3 Å². The minimum Gasteiger partial charge on any atom is -0.334 e. The molecule has 0 aliphatic rings. The van der Waals surface area contributed by atoms with Gasteiger partial charge in [0.05, 0.1) is 20.8 Å². The van der Waals surface area contributed by atoms with Crippen molar-refractivity contribution in [3.05, 3.63) is 56.8 Å². The van der Waals surface area contributed by atoms with Gasteiger partial charge < -0.3 is 5.32 Å². The van der Waals surface area contributed by atoms with Crippen molar-refractivity contribution in [1.82, 2.24) is 4.98 Å². The summed E-state index contributed by atoms with van der Waals surface area (Å²) in [6.07, 6.45) is 0.869. The first-order chi connectivity index (χ1) is 10.7. The SMILES string of the molecule is NS(=O)(=O)c1ccc(Nc2ncc([N+](=O)[O-])cc2[N+](=O)[O-])cc1. The van der Waals surface area contributed by atoms with Gasteiger partial charge in [-0.25, -0.2) is 18.5 Å². The van der Waals surface area contributed by atoms with Gasteiger partial charge >= 0.3 is 5.69 Å². The van der Waals surface area contributed by atoms with Gasteiger partial charge in [0.25, 0.3) is 5.69 Å². The minimum absolute atomic E-state index is 0.130. The van der Waals surface area contributed by atoms with Crippen LogP contribution in [0.2, 0.25) is 0 Å². The molecule has 2 aromatic rings. The summed E-state index contributed by atoms with van der Waals surface area (Å²) < 4.78 is 22.3. The maximum atomic E-state index is 11.1. The van der Waals surface area contributed by atoms with E-state index in [4.69, 9.17) is 5.14 Å². The Kier molecular flexibility index (Phi) is 4.20. The molecule has 0 unspecified atom stereocenters. The number of benzene rings is 1. The van der Waals surface area contributed by atoms with Crippen LogP contribution in [0.4, 0.5) is 22.9 Å². The van der Waals surface area contributed by atoms with E-state index in [9.17, 15) is 28.6 Å². The van der Waals surface area contributed by atoms with Gasteiger partial charge in [0.2, 0.25) is 15.8 Å². The highest BCUT2D eigenvalue weighted by Gasteiger charge is 2.21. The second kappa shape index (κ2) is 5.94. The van der Waals surface area contributed by atoms with Crippen LogP contribution in [0.25, 0.3) is 0 Å². The van der Waals surface area contributed by atoms with E-state index in [0.29, 0.717) is 5.69 Å². The topological polar surface area (TPSA) is 171 Å². The van der Waals surface area contributed by atoms with E-state index in [0.717, 1.165) is 12.3 Å². The van der Waals surface area contributed by atoms with E-state index in [-0.39, 0.29) is 10.7 Å². The summed E-state index contributed by atoms with van der Waals surface area (Å²) in [7, 11) is -3.86. The Bertz CT molecular complexity index is 880. The summed E-state index contributed by atoms with van der Waals surface area (Å²) in [4.78, 5) is 23.5. The van der Waals surface area contributed by atoms with Crippen LogP contribution < -0.4 is 10.5 Å². The summed E-state index contributed by atoms with van der Waals surface area (Å²) in [6, 6.07) is 5.83. The standard InChI is InChI=1S/C11H9N5O6S/c12-23(21,22)9-3-1-7(2-4-9)14-11-10(16(19)20)5-8(6-13-11)15(17)18/h1-6H,(H,13,14)(H2,12,21,22). The van der Waals surface area contributed by atoms with Crippen LogP contribution in [0.15, 0.2) is 41.4 Å². The number of nitrogens with zero attached hydrogens (tertiary/aromatic N) is 3. The van der Waals surface area contributed by atoms with Crippen LogP contribution in [-0.2, 0) is 10.0 Å². The Morgan fingerprint density at radius 3 is 2.17 bits per heavy atom. The molecule has 0 spiro atoms. The monoisotopic (exact) mass is 339 g/mol. The Balaban J connectivity index is 2.36. The maximum absolute atomic E-state index is 11.1. The van der Waals surface area contributed by atoms with Gasteiger partial charge in [-0.1, -0.05) is 0 Å². The minimum atomic E-state index is -3.86. The fourth-order valence-electron chi connectivity index (χ4n) is 1.64. The third kappa shape index (κ3) is 3.75. The van der Waals surface area contributed by atoms with Crippen LogP contribution in [0.5, 0.6) is 0 Å². The van der Waals surface area contributed by atoms with E-state index in [2.05, 4.69) is 10.3 Å². The molecule has 0 bridgehead atoms. The Hall–Kier alpha value is -3.12. The van der Waals surface area contributed by atoms with Gasteiger partial charge in [-0.2, -0.15) is 0 Å². The highest BCUT2D eigenvalue weighted by Crippen LogP contribution is 2.29. The van der Waals surface area contributed by atoms with Gasteiger partial charge in [0.15, 0.2) is 0 Å². The third-order valence-electron chi connectivity index (χ3n) is 2.71. The van der Waals surface area contributed by atoms with Crippen LogP contribution in [-0.4, -0.2) is 23.2 Å². The Morgan fingerprint density at radius 2 is 1.70 bits per heavy atom. The highest BCUT2D eigenvalue weighted by molar-refractivity contribution is 7.89. The largest absolute Gasteiger partial charge is 0.334 e. The molecular formula is C11H9N5O6S. The molecule has 0 amide bonds. The average Bonchev–Trinajstić information content (AvgIpc) is 2.46. The maximum Gasteiger partial charge on any atom is 0.318 e. The lowest BCUT2D eigenvalue weighted by molar-refractivity contribution is -0.394. The number of hydrogen-bond acceptors (Lipinski definition) is 8. The van der Waals surface area contributed by atoms with Crippen LogP contribution in [0, 0.1) is 20.2 Å². The molecule has 120 valence electrons. The summed E-state index contributed by atoms with van der Waals surface area (Å²) in [5, 5.41) is 29.2. The molecule has 0 radical (unpaired) electrons. The fraction of sp³-hybridized carbons (Fsp3) is 0. The predicted octanol–water partition coefficient (Wildman–Crippen LogP) is 1.29. The summed E-state index contributed by atoms with van der Waals surface area (Å²) >= 11 is 0. The molecule has 0 aliphatic heterocycles. The molecule has 23 heavy (non-hydrogen) atoms. The molecule has 1 heterocycles. The first-order valence-corrected chi connectivity index (χ1v) is 7.42. The molecule has 0 aliphatic carbocycles. The summed E-state index contributed by atoms with van der Waals surface area (Å²) in [5.74, 6) is -0.219. The number of hydrogen-bond donors (Lipinski definition) is 2. The number of nitro groups is 2. The van der Waals surface area contributed by atoms with Gasteiger partial charge in [-0.15, -0.1) is 0 Å². The van der Waals surface area contributed by atoms with Crippen molar-refractivity contribution in [2.75, 3.05) is 5.32 Å². The number of anilines is 2. The molecule has 0 fully saturated rings. The molecule has 1 aromatic carbocycles. The average molecular weight is 339 g/mol. The lowest BCUT2D eigenvalue weighted by Gasteiger charge is -2.06. The number of aromatic nitrogens is 1. The number of nitrogens with one attached hydrogen (secondary N) is 1. The zero-order valence-electron chi connectivity index (χ0n) is 11.2. The number of pyridine rings is 1. The number of nitrogens with two attached hydrogens (primary N) is 1. The molecular weight excluding hydrogens is 330 g/mol. The third-order valence-corrected chi connectivity index (χ3v) is 3.64. The van der Waals surface area contributed by atoms with E-state index in [1.54, 1.807) is 0 Å². The van der Waals surface area contributed by atoms with E-state index < -0.39 is 31.2 Å². The molecule has 0 saturated carbocycles. The zero-order chi connectivity index (χ0) is 17.2. The van der Waals surface area contributed by atoms with Crippen LogP contribution in [0.1, 0.15) is 0 Å². The second-order valence-corrected chi connectivity index (χ2v) is 5.83. The zero-order valence-corrected chi connectivity index (χ0v) is 12.1. The lowest BCUT2D eigenvalue weighted by atomic mass is 10.3. The van der Waals surface area contributed by atoms with Crippen molar-refractivity contribution in [3.63, 3.8) is 0 Å². The summed E-state index contributed by atoms with van der Waals surface area (Å²) in [5.41, 5.74) is -0.816. The number of sulfonamides is 1. The first kappa shape index (κ1) is 16.3. The molecule has 3 N–H and O–H groups in total. The quantitative estimate of drug-likeness (QED) is 0.605. The van der Waals surface area contributed by atoms with Crippen LogP contribution in [0.3, 0.4) is 0 Å². The number of rotatable bonds is 5. The van der Waals surface area contributed by atoms with Gasteiger partial charge in [0, 0.05) is 5.69 Å². The molecule has 0 saturated heterocycles. The van der Waals surface area contributed by atoms with Crippen molar-refractivity contribution in [1.29, 1.82) is 0 Å². The number of primary sulfonamides is 1. The Labute approximate surface area is 129 Å². The first-order valence-electron chi connectivity index (χ1n) is 5.87. The van der Waals surface area contributed by atoms with E-state index in [1.165, 1.54) is 24.3 Å².